The second-order valence-electron chi connectivity index (χ2n) is 5.80. The summed E-state index contributed by atoms with van der Waals surface area (Å²) in [6.45, 7) is 0.980. The molecule has 0 aliphatic heterocycles. The Labute approximate surface area is 145 Å². The average molecular weight is 357 g/mol. The third-order valence-electron chi connectivity index (χ3n) is 4.01. The molecule has 0 aromatic carbocycles. The van der Waals surface area contributed by atoms with Gasteiger partial charge in [0, 0.05) is 11.4 Å². The maximum atomic E-state index is 10.6. The van der Waals surface area contributed by atoms with Gasteiger partial charge in [-0.2, -0.15) is 0 Å². The lowest BCUT2D eigenvalue weighted by Crippen LogP contribution is -2.22. The van der Waals surface area contributed by atoms with Crippen LogP contribution in [-0.4, -0.2) is 39.5 Å². The molecule has 2 aromatic heterocycles. The van der Waals surface area contributed by atoms with Crippen molar-refractivity contribution in [3.8, 4) is 0 Å². The molecular formula is C15H21ClN4O2S. The number of carbonyl (C=O) groups is 1. The maximum Gasteiger partial charge on any atom is 0.304 e. The van der Waals surface area contributed by atoms with Crippen LogP contribution in [0.5, 0.6) is 0 Å². The van der Waals surface area contributed by atoms with Crippen LogP contribution in [0, 0.1) is 0 Å². The zero-order valence-electron chi connectivity index (χ0n) is 13.0. The predicted octanol–water partition coefficient (Wildman–Crippen LogP) is 2.48. The minimum atomic E-state index is -0.798. The molecule has 23 heavy (non-hydrogen) atoms. The number of hydrogen-bond acceptors (Lipinski definition) is 6. The largest absolute Gasteiger partial charge is 0.481 e. The molecule has 6 nitrogen and oxygen atoms in total. The molecule has 0 saturated heterocycles. The Hall–Kier alpha value is -1.44. The number of fused-ring (bicyclic) bond motifs is 3. The van der Waals surface area contributed by atoms with Crippen molar-refractivity contribution in [2.75, 3.05) is 19.3 Å². The van der Waals surface area contributed by atoms with Gasteiger partial charge in [0.05, 0.1) is 18.4 Å². The molecule has 126 valence electrons. The Balaban J connectivity index is 0.00000192. The molecule has 0 amide bonds. The Kier molecular flexibility index (Phi) is 5.78. The molecule has 1 aliphatic carbocycles. The summed E-state index contributed by atoms with van der Waals surface area (Å²) in [4.78, 5) is 24.0. The normalized spacial score (nSPS) is 13.8. The van der Waals surface area contributed by atoms with Crippen LogP contribution in [0.4, 0.5) is 5.82 Å². The number of nitrogen functional groups attached to an aromatic ring is 1. The first-order valence-corrected chi connectivity index (χ1v) is 8.33. The first-order valence-electron chi connectivity index (χ1n) is 7.51. The number of anilines is 1. The van der Waals surface area contributed by atoms with Crippen LogP contribution in [0.2, 0.25) is 0 Å². The fourth-order valence-corrected chi connectivity index (χ4v) is 4.20. The number of aryl methyl sites for hydroxylation is 2. The average Bonchev–Trinajstić information content (AvgIpc) is 2.83. The van der Waals surface area contributed by atoms with Crippen molar-refractivity contribution in [1.82, 2.24) is 14.9 Å². The minimum Gasteiger partial charge on any atom is -0.481 e. The second kappa shape index (κ2) is 7.42. The van der Waals surface area contributed by atoms with E-state index in [0.29, 0.717) is 24.7 Å². The lowest BCUT2D eigenvalue weighted by molar-refractivity contribution is -0.137. The van der Waals surface area contributed by atoms with Crippen molar-refractivity contribution in [3.05, 3.63) is 16.3 Å². The molecule has 0 bridgehead atoms. The van der Waals surface area contributed by atoms with E-state index in [0.717, 1.165) is 23.1 Å². The summed E-state index contributed by atoms with van der Waals surface area (Å²) in [5, 5.41) is 9.77. The van der Waals surface area contributed by atoms with Gasteiger partial charge in [-0.15, -0.1) is 23.7 Å². The smallest absolute Gasteiger partial charge is 0.304 e. The lowest BCUT2D eigenvalue weighted by atomic mass is 9.97. The molecular weight excluding hydrogens is 336 g/mol. The van der Waals surface area contributed by atoms with Crippen molar-refractivity contribution < 1.29 is 9.90 Å². The fourth-order valence-electron chi connectivity index (χ4n) is 2.91. The lowest BCUT2D eigenvalue weighted by Gasteiger charge is -2.14. The van der Waals surface area contributed by atoms with Gasteiger partial charge in [-0.1, -0.05) is 0 Å². The van der Waals surface area contributed by atoms with E-state index < -0.39 is 5.97 Å². The van der Waals surface area contributed by atoms with Crippen LogP contribution in [0.25, 0.3) is 10.2 Å². The monoisotopic (exact) mass is 356 g/mol. The highest BCUT2D eigenvalue weighted by molar-refractivity contribution is 7.19. The molecule has 0 fully saturated rings. The van der Waals surface area contributed by atoms with Crippen molar-refractivity contribution in [3.63, 3.8) is 0 Å². The molecule has 2 heterocycles. The first-order chi connectivity index (χ1) is 10.5. The van der Waals surface area contributed by atoms with Crippen LogP contribution in [-0.2, 0) is 24.2 Å². The standard InChI is InChI=1S/C15H20N4O2S.ClH/c1-19(7-6-12(20)21)8-11-17-14(16)13-9-4-2-3-5-10(9)22-15(13)18-11;/h2-8H2,1H3,(H,20,21)(H2,16,17,18);1H. The second-order valence-corrected chi connectivity index (χ2v) is 6.88. The minimum absolute atomic E-state index is 0. The molecule has 1 aliphatic rings. The van der Waals surface area contributed by atoms with Crippen LogP contribution in [0.3, 0.4) is 0 Å². The number of rotatable bonds is 5. The van der Waals surface area contributed by atoms with Crippen LogP contribution in [0.1, 0.15) is 35.5 Å². The number of aliphatic carboxylic acids is 1. The molecule has 0 saturated carbocycles. The highest BCUT2D eigenvalue weighted by atomic mass is 35.5. The third kappa shape index (κ3) is 3.91. The summed E-state index contributed by atoms with van der Waals surface area (Å²) in [5.74, 6) is 0.427. The van der Waals surface area contributed by atoms with Gasteiger partial charge < -0.3 is 10.8 Å². The van der Waals surface area contributed by atoms with Crippen LogP contribution < -0.4 is 5.73 Å². The Morgan fingerprint density at radius 2 is 2.09 bits per heavy atom. The summed E-state index contributed by atoms with van der Waals surface area (Å²) in [6, 6.07) is 0. The summed E-state index contributed by atoms with van der Waals surface area (Å²) < 4.78 is 0. The molecule has 2 aromatic rings. The zero-order chi connectivity index (χ0) is 15.7. The topological polar surface area (TPSA) is 92.3 Å². The first kappa shape index (κ1) is 17.9. The number of nitrogens with zero attached hydrogens (tertiary/aromatic N) is 3. The van der Waals surface area contributed by atoms with E-state index >= 15 is 0 Å². The molecule has 0 spiro atoms. The zero-order valence-corrected chi connectivity index (χ0v) is 14.7. The molecule has 0 radical (unpaired) electrons. The van der Waals surface area contributed by atoms with Crippen molar-refractivity contribution in [1.29, 1.82) is 0 Å². The van der Waals surface area contributed by atoms with Gasteiger partial charge in [0.15, 0.2) is 0 Å². The van der Waals surface area contributed by atoms with E-state index in [2.05, 4.69) is 9.97 Å². The number of carboxylic acids is 1. The van der Waals surface area contributed by atoms with Crippen LogP contribution >= 0.6 is 23.7 Å². The van der Waals surface area contributed by atoms with E-state index in [9.17, 15) is 4.79 Å². The molecule has 3 rings (SSSR count). The number of thiophene rings is 1. The SMILES string of the molecule is CN(CCC(=O)O)Cc1nc(N)c2c3c(sc2n1)CCCC3.Cl. The summed E-state index contributed by atoms with van der Waals surface area (Å²) in [7, 11) is 1.87. The van der Waals surface area contributed by atoms with E-state index in [1.165, 1.54) is 23.3 Å². The summed E-state index contributed by atoms with van der Waals surface area (Å²) in [5.41, 5.74) is 7.51. The number of aromatic nitrogens is 2. The number of hydrogen-bond donors (Lipinski definition) is 2. The van der Waals surface area contributed by atoms with Gasteiger partial charge in [0.1, 0.15) is 16.5 Å². The Morgan fingerprint density at radius 3 is 2.83 bits per heavy atom. The Morgan fingerprint density at radius 1 is 1.35 bits per heavy atom. The van der Waals surface area contributed by atoms with Crippen molar-refractivity contribution in [2.24, 2.45) is 0 Å². The van der Waals surface area contributed by atoms with Gasteiger partial charge in [-0.05, 0) is 38.3 Å². The van der Waals surface area contributed by atoms with Crippen molar-refractivity contribution >= 4 is 45.7 Å². The quantitative estimate of drug-likeness (QED) is 0.855. The molecule has 3 N–H and O–H groups in total. The number of nitrogens with two attached hydrogens (primary N) is 1. The van der Waals surface area contributed by atoms with E-state index in [-0.39, 0.29) is 18.8 Å². The van der Waals surface area contributed by atoms with Crippen LogP contribution in [0.15, 0.2) is 0 Å². The summed E-state index contributed by atoms with van der Waals surface area (Å²) in [6.07, 6.45) is 4.74. The van der Waals surface area contributed by atoms with Gasteiger partial charge >= 0.3 is 5.97 Å². The van der Waals surface area contributed by atoms with E-state index in [1.807, 2.05) is 11.9 Å². The highest BCUT2D eigenvalue weighted by Gasteiger charge is 2.20. The van der Waals surface area contributed by atoms with Gasteiger partial charge in [0.25, 0.3) is 0 Å². The summed E-state index contributed by atoms with van der Waals surface area (Å²) >= 11 is 1.73. The molecule has 0 atom stereocenters. The van der Waals surface area contributed by atoms with Gasteiger partial charge in [0.2, 0.25) is 0 Å². The Bertz CT molecular complexity index is 719. The maximum absolute atomic E-state index is 10.6. The van der Waals surface area contributed by atoms with Gasteiger partial charge in [-0.3, -0.25) is 9.69 Å². The molecule has 8 heteroatoms. The predicted molar refractivity (Wildman–Crippen MR) is 94.3 cm³/mol. The fraction of sp³-hybridized carbons (Fsp3) is 0.533. The third-order valence-corrected chi connectivity index (χ3v) is 5.19. The van der Waals surface area contributed by atoms with E-state index in [1.54, 1.807) is 11.3 Å². The van der Waals surface area contributed by atoms with E-state index in [4.69, 9.17) is 10.8 Å². The number of carboxylic acid groups (broad SMARTS) is 1. The highest BCUT2D eigenvalue weighted by Crippen LogP contribution is 2.37. The van der Waals surface area contributed by atoms with Gasteiger partial charge in [-0.25, -0.2) is 9.97 Å². The van der Waals surface area contributed by atoms with Crippen molar-refractivity contribution in [2.45, 2.75) is 38.6 Å². The molecule has 0 unspecified atom stereocenters. The number of halogens is 1.